The Morgan fingerprint density at radius 3 is 2.67 bits per heavy atom. The van der Waals surface area contributed by atoms with Gasteiger partial charge in [0.15, 0.2) is 5.96 Å². The molecule has 2 N–H and O–H groups in total. The van der Waals surface area contributed by atoms with Crippen molar-refractivity contribution < 1.29 is 9.53 Å². The van der Waals surface area contributed by atoms with E-state index in [1.165, 1.54) is 24.0 Å². The van der Waals surface area contributed by atoms with Crippen molar-refractivity contribution in [1.29, 1.82) is 0 Å². The highest BCUT2D eigenvalue weighted by atomic mass is 16.5. The van der Waals surface area contributed by atoms with Crippen molar-refractivity contribution in [2.24, 2.45) is 10.9 Å². The van der Waals surface area contributed by atoms with E-state index >= 15 is 0 Å². The van der Waals surface area contributed by atoms with Gasteiger partial charge in [-0.3, -0.25) is 4.79 Å². The number of amides is 1. The van der Waals surface area contributed by atoms with Crippen LogP contribution in [0.5, 0.6) is 0 Å². The predicted molar refractivity (Wildman–Crippen MR) is 121 cm³/mol. The molecular weight excluding hydrogens is 376 g/mol. The number of aliphatic imine (C=N–C) groups is 1. The number of likely N-dealkylation sites (tertiary alicyclic amines) is 1. The van der Waals surface area contributed by atoms with Crippen LogP contribution in [-0.4, -0.2) is 49.0 Å². The number of benzene rings is 1. The molecule has 1 heterocycles. The molecule has 1 aliphatic heterocycles. The lowest BCUT2D eigenvalue weighted by molar-refractivity contribution is -0.134. The maximum absolute atomic E-state index is 12.7. The van der Waals surface area contributed by atoms with Gasteiger partial charge in [0, 0.05) is 38.2 Å². The van der Waals surface area contributed by atoms with Crippen LogP contribution in [-0.2, 0) is 22.7 Å². The SMILES string of the molecule is CCCOCc1ccccc1CN=C(NCC)NC1CCN(C(=O)C2CCCC2)C1. The van der Waals surface area contributed by atoms with Gasteiger partial charge in [0.2, 0.25) is 5.91 Å². The Morgan fingerprint density at radius 1 is 1.17 bits per heavy atom. The Hall–Kier alpha value is -2.08. The summed E-state index contributed by atoms with van der Waals surface area (Å²) in [5.74, 6) is 1.44. The zero-order valence-corrected chi connectivity index (χ0v) is 18.7. The Morgan fingerprint density at radius 2 is 1.93 bits per heavy atom. The Balaban J connectivity index is 1.56. The van der Waals surface area contributed by atoms with Crippen LogP contribution in [0.1, 0.15) is 63.5 Å². The average molecular weight is 415 g/mol. The van der Waals surface area contributed by atoms with Crippen LogP contribution >= 0.6 is 0 Å². The first kappa shape index (κ1) is 22.6. The largest absolute Gasteiger partial charge is 0.377 e. The number of carbonyl (C=O) groups is 1. The molecule has 0 radical (unpaired) electrons. The van der Waals surface area contributed by atoms with Gasteiger partial charge in [-0.05, 0) is 43.7 Å². The average Bonchev–Trinajstić information content (AvgIpc) is 3.45. The molecule has 3 rings (SSSR count). The molecule has 1 unspecified atom stereocenters. The molecule has 6 nitrogen and oxygen atoms in total. The second-order valence-corrected chi connectivity index (χ2v) is 8.41. The molecule has 2 aliphatic rings. The molecule has 1 aromatic rings. The molecule has 1 atom stereocenters. The van der Waals surface area contributed by atoms with E-state index < -0.39 is 0 Å². The fourth-order valence-electron chi connectivity index (χ4n) is 4.37. The highest BCUT2D eigenvalue weighted by Crippen LogP contribution is 2.27. The zero-order valence-electron chi connectivity index (χ0n) is 18.7. The lowest BCUT2D eigenvalue weighted by Crippen LogP contribution is -2.45. The van der Waals surface area contributed by atoms with Gasteiger partial charge in [0.1, 0.15) is 0 Å². The molecule has 1 saturated heterocycles. The van der Waals surface area contributed by atoms with Crippen molar-refractivity contribution in [2.75, 3.05) is 26.2 Å². The number of nitrogens with zero attached hydrogens (tertiary/aromatic N) is 2. The molecule has 1 amide bonds. The van der Waals surface area contributed by atoms with E-state index in [9.17, 15) is 4.79 Å². The second-order valence-electron chi connectivity index (χ2n) is 8.41. The van der Waals surface area contributed by atoms with Crippen molar-refractivity contribution in [2.45, 2.75) is 71.6 Å². The lowest BCUT2D eigenvalue weighted by Gasteiger charge is -2.21. The smallest absolute Gasteiger partial charge is 0.225 e. The van der Waals surface area contributed by atoms with Crippen molar-refractivity contribution in [3.8, 4) is 0 Å². The van der Waals surface area contributed by atoms with Gasteiger partial charge in [-0.1, -0.05) is 44.0 Å². The summed E-state index contributed by atoms with van der Waals surface area (Å²) in [7, 11) is 0. The van der Waals surface area contributed by atoms with Gasteiger partial charge in [0.05, 0.1) is 13.2 Å². The summed E-state index contributed by atoms with van der Waals surface area (Å²) in [4.78, 5) is 19.6. The number of hydrogen-bond acceptors (Lipinski definition) is 3. The van der Waals surface area contributed by atoms with Crippen LogP contribution < -0.4 is 10.6 Å². The van der Waals surface area contributed by atoms with E-state index in [0.29, 0.717) is 19.1 Å². The fraction of sp³-hybridized carbons (Fsp3) is 0.667. The summed E-state index contributed by atoms with van der Waals surface area (Å²) >= 11 is 0. The Kier molecular flexibility index (Phi) is 9.00. The fourth-order valence-corrected chi connectivity index (χ4v) is 4.37. The lowest BCUT2D eigenvalue weighted by atomic mass is 10.1. The maximum atomic E-state index is 12.7. The summed E-state index contributed by atoms with van der Waals surface area (Å²) in [5.41, 5.74) is 2.38. The van der Waals surface area contributed by atoms with Crippen molar-refractivity contribution in [3.63, 3.8) is 0 Å². The monoisotopic (exact) mass is 414 g/mol. The number of guanidine groups is 1. The first-order valence-corrected chi connectivity index (χ1v) is 11.7. The molecule has 1 saturated carbocycles. The normalized spacial score (nSPS) is 20.0. The van der Waals surface area contributed by atoms with E-state index in [4.69, 9.17) is 9.73 Å². The maximum Gasteiger partial charge on any atom is 0.225 e. The third-order valence-electron chi connectivity index (χ3n) is 6.02. The second kappa shape index (κ2) is 11.9. The van der Waals surface area contributed by atoms with Crippen molar-refractivity contribution >= 4 is 11.9 Å². The summed E-state index contributed by atoms with van der Waals surface area (Å²) in [5, 5.41) is 6.90. The predicted octanol–water partition coefficient (Wildman–Crippen LogP) is 3.46. The minimum absolute atomic E-state index is 0.260. The van der Waals surface area contributed by atoms with E-state index in [-0.39, 0.29) is 12.0 Å². The molecule has 30 heavy (non-hydrogen) atoms. The number of nitrogens with one attached hydrogen (secondary N) is 2. The first-order chi connectivity index (χ1) is 14.7. The van der Waals surface area contributed by atoms with Gasteiger partial charge in [-0.15, -0.1) is 0 Å². The van der Waals surface area contributed by atoms with Crippen molar-refractivity contribution in [3.05, 3.63) is 35.4 Å². The van der Waals surface area contributed by atoms with E-state index in [0.717, 1.165) is 57.9 Å². The summed E-state index contributed by atoms with van der Waals surface area (Å²) < 4.78 is 5.73. The quantitative estimate of drug-likeness (QED) is 0.369. The zero-order chi connectivity index (χ0) is 21.2. The van der Waals surface area contributed by atoms with Gasteiger partial charge >= 0.3 is 0 Å². The number of rotatable bonds is 9. The number of hydrogen-bond donors (Lipinski definition) is 2. The molecule has 1 aromatic carbocycles. The summed E-state index contributed by atoms with van der Waals surface area (Å²) in [6.45, 7) is 8.66. The van der Waals surface area contributed by atoms with Crippen LogP contribution in [0.15, 0.2) is 29.3 Å². The number of ether oxygens (including phenoxy) is 1. The molecule has 6 heteroatoms. The van der Waals surface area contributed by atoms with E-state index in [2.05, 4.69) is 53.6 Å². The Labute approximate surface area is 181 Å². The Bertz CT molecular complexity index is 700. The standard InChI is InChI=1S/C24H38N4O2/c1-3-15-30-18-21-12-8-7-11-20(21)16-26-24(25-4-2)27-22-13-14-28(17-22)23(29)19-9-5-6-10-19/h7-8,11-12,19,22H,3-6,9-10,13-18H2,1-2H3,(H2,25,26,27). The van der Waals surface area contributed by atoms with Crippen LogP contribution in [0.2, 0.25) is 0 Å². The first-order valence-electron chi connectivity index (χ1n) is 11.7. The third kappa shape index (κ3) is 6.46. The summed E-state index contributed by atoms with van der Waals surface area (Å²) in [6.07, 6.45) is 6.54. The third-order valence-corrected chi connectivity index (χ3v) is 6.02. The highest BCUT2D eigenvalue weighted by Gasteiger charge is 2.32. The minimum atomic E-state index is 0.260. The van der Waals surface area contributed by atoms with Gasteiger partial charge in [-0.2, -0.15) is 0 Å². The summed E-state index contributed by atoms with van der Waals surface area (Å²) in [6, 6.07) is 8.60. The minimum Gasteiger partial charge on any atom is -0.377 e. The van der Waals surface area contributed by atoms with Gasteiger partial charge < -0.3 is 20.3 Å². The van der Waals surface area contributed by atoms with E-state index in [1.807, 2.05) is 0 Å². The highest BCUT2D eigenvalue weighted by molar-refractivity contribution is 5.81. The molecular formula is C24H38N4O2. The van der Waals surface area contributed by atoms with Crippen LogP contribution in [0, 0.1) is 5.92 Å². The molecule has 166 valence electrons. The van der Waals surface area contributed by atoms with Crippen LogP contribution in [0.4, 0.5) is 0 Å². The molecule has 1 aliphatic carbocycles. The molecule has 0 aromatic heterocycles. The molecule has 2 fully saturated rings. The van der Waals surface area contributed by atoms with Crippen molar-refractivity contribution in [1.82, 2.24) is 15.5 Å². The number of carbonyl (C=O) groups excluding carboxylic acids is 1. The van der Waals surface area contributed by atoms with Gasteiger partial charge in [0.25, 0.3) is 0 Å². The topological polar surface area (TPSA) is 66.0 Å². The molecule has 0 spiro atoms. The van der Waals surface area contributed by atoms with Gasteiger partial charge in [-0.25, -0.2) is 4.99 Å². The van der Waals surface area contributed by atoms with Crippen LogP contribution in [0.25, 0.3) is 0 Å². The van der Waals surface area contributed by atoms with Crippen LogP contribution in [0.3, 0.4) is 0 Å². The van der Waals surface area contributed by atoms with E-state index in [1.54, 1.807) is 0 Å². The molecule has 0 bridgehead atoms.